The molecule has 1 aromatic carbocycles. The van der Waals surface area contributed by atoms with E-state index in [-0.39, 0.29) is 18.5 Å². The summed E-state index contributed by atoms with van der Waals surface area (Å²) in [5.41, 5.74) is 1.66. The fourth-order valence-corrected chi connectivity index (χ4v) is 2.73. The number of hydrogen-bond acceptors (Lipinski definition) is 5. The first-order chi connectivity index (χ1) is 11.0. The third kappa shape index (κ3) is 4.70. The molecule has 1 fully saturated rings. The second-order valence-corrected chi connectivity index (χ2v) is 6.24. The second-order valence-electron chi connectivity index (χ2n) is 6.24. The van der Waals surface area contributed by atoms with Crippen LogP contribution < -0.4 is 4.90 Å². The van der Waals surface area contributed by atoms with E-state index in [2.05, 4.69) is 23.6 Å². The molecule has 0 spiro atoms. The van der Waals surface area contributed by atoms with Crippen LogP contribution in [-0.2, 0) is 4.74 Å². The zero-order valence-corrected chi connectivity index (χ0v) is 14.2. The van der Waals surface area contributed by atoms with Gasteiger partial charge in [-0.15, -0.1) is 0 Å². The van der Waals surface area contributed by atoms with Crippen molar-refractivity contribution in [1.29, 1.82) is 5.26 Å². The summed E-state index contributed by atoms with van der Waals surface area (Å²) < 4.78 is 5.22. The van der Waals surface area contributed by atoms with E-state index < -0.39 is 0 Å². The lowest BCUT2D eigenvalue weighted by molar-refractivity contribution is 0.0351. The van der Waals surface area contributed by atoms with Crippen molar-refractivity contribution in [1.82, 2.24) is 4.90 Å². The monoisotopic (exact) mass is 315 g/mol. The van der Waals surface area contributed by atoms with Gasteiger partial charge in [0.2, 0.25) is 0 Å². The highest BCUT2D eigenvalue weighted by Gasteiger charge is 2.19. The summed E-state index contributed by atoms with van der Waals surface area (Å²) in [6.07, 6.45) is -0.166. The van der Waals surface area contributed by atoms with Crippen molar-refractivity contribution >= 4 is 11.7 Å². The van der Waals surface area contributed by atoms with Crippen molar-refractivity contribution in [2.45, 2.75) is 39.3 Å². The van der Waals surface area contributed by atoms with Crippen LogP contribution in [0.5, 0.6) is 0 Å². The molecule has 1 heterocycles. The average molecular weight is 315 g/mol. The fraction of sp³-hybridized carbons (Fsp3) is 0.556. The van der Waals surface area contributed by atoms with Crippen LogP contribution in [-0.4, -0.2) is 49.2 Å². The number of anilines is 1. The predicted octanol–water partition coefficient (Wildman–Crippen LogP) is 2.68. The summed E-state index contributed by atoms with van der Waals surface area (Å²) in [7, 11) is 0. The summed E-state index contributed by atoms with van der Waals surface area (Å²) in [6, 6.07) is 10.1. The fourth-order valence-electron chi connectivity index (χ4n) is 2.73. The normalized spacial score (nSPS) is 16.9. The minimum Gasteiger partial charge on any atom is -0.458 e. The van der Waals surface area contributed by atoms with Crippen LogP contribution in [0.3, 0.4) is 0 Å². The highest BCUT2D eigenvalue weighted by Crippen LogP contribution is 2.19. The molecule has 0 radical (unpaired) electrons. The van der Waals surface area contributed by atoms with Crippen molar-refractivity contribution < 1.29 is 9.53 Å². The molecule has 0 bridgehead atoms. The number of piperazine rings is 1. The summed E-state index contributed by atoms with van der Waals surface area (Å²) in [6.45, 7) is 10.3. The van der Waals surface area contributed by atoms with Gasteiger partial charge in [-0.2, -0.15) is 5.26 Å². The van der Waals surface area contributed by atoms with Gasteiger partial charge in [0, 0.05) is 37.9 Å². The number of benzene rings is 1. The van der Waals surface area contributed by atoms with E-state index in [0.717, 1.165) is 31.9 Å². The summed E-state index contributed by atoms with van der Waals surface area (Å²) in [5.74, 6) is -0.371. The van der Waals surface area contributed by atoms with Gasteiger partial charge in [0.25, 0.3) is 0 Å². The molecule has 5 nitrogen and oxygen atoms in total. The van der Waals surface area contributed by atoms with E-state index in [1.54, 1.807) is 19.1 Å². The molecule has 1 atom stereocenters. The first-order valence-electron chi connectivity index (χ1n) is 8.18. The molecule has 0 N–H and O–H groups in total. The minimum atomic E-state index is -0.378. The van der Waals surface area contributed by atoms with Crippen LogP contribution >= 0.6 is 0 Å². The van der Waals surface area contributed by atoms with E-state index in [1.165, 1.54) is 0 Å². The Balaban J connectivity index is 1.92. The van der Waals surface area contributed by atoms with Gasteiger partial charge in [-0.05, 0) is 45.0 Å². The Kier molecular flexibility index (Phi) is 6.00. The van der Waals surface area contributed by atoms with Gasteiger partial charge in [0.15, 0.2) is 0 Å². The maximum absolute atomic E-state index is 12.0. The standard InChI is InChI=1S/C18H25N3O2/c1-14(2)20-10-12-21(13-11-20)17-6-4-16(5-7-17)18(22)23-15(3)8-9-19/h4-7,14-15H,8,10-13H2,1-3H3/t15-/m1/s1. The maximum Gasteiger partial charge on any atom is 0.338 e. The third-order valence-corrected chi connectivity index (χ3v) is 4.20. The number of carbonyl (C=O) groups is 1. The summed E-state index contributed by atoms with van der Waals surface area (Å²) in [5, 5.41) is 8.60. The number of hydrogen-bond donors (Lipinski definition) is 0. The quantitative estimate of drug-likeness (QED) is 0.782. The number of nitriles is 1. The summed E-state index contributed by atoms with van der Waals surface area (Å²) in [4.78, 5) is 16.8. The number of esters is 1. The minimum absolute atomic E-state index is 0.212. The van der Waals surface area contributed by atoms with Crippen LogP contribution in [0.1, 0.15) is 37.6 Å². The third-order valence-electron chi connectivity index (χ3n) is 4.20. The van der Waals surface area contributed by atoms with Gasteiger partial charge in [0.1, 0.15) is 6.10 Å². The molecule has 0 amide bonds. The topological polar surface area (TPSA) is 56.6 Å². The van der Waals surface area contributed by atoms with Crippen LogP contribution in [0.15, 0.2) is 24.3 Å². The lowest BCUT2D eigenvalue weighted by Crippen LogP contribution is -2.48. The molecule has 124 valence electrons. The van der Waals surface area contributed by atoms with Crippen molar-refractivity contribution in [3.05, 3.63) is 29.8 Å². The largest absolute Gasteiger partial charge is 0.458 e. The van der Waals surface area contributed by atoms with E-state index in [0.29, 0.717) is 11.6 Å². The van der Waals surface area contributed by atoms with Gasteiger partial charge in [-0.25, -0.2) is 4.79 Å². The van der Waals surface area contributed by atoms with Crippen molar-refractivity contribution in [2.24, 2.45) is 0 Å². The first-order valence-corrected chi connectivity index (χ1v) is 8.18. The molecule has 1 aliphatic rings. The molecule has 0 aliphatic carbocycles. The molecular formula is C18H25N3O2. The van der Waals surface area contributed by atoms with Gasteiger partial charge in [0.05, 0.1) is 18.1 Å². The van der Waals surface area contributed by atoms with Crippen LogP contribution in [0, 0.1) is 11.3 Å². The Morgan fingerprint density at radius 1 is 1.17 bits per heavy atom. The van der Waals surface area contributed by atoms with Crippen molar-refractivity contribution in [3.63, 3.8) is 0 Å². The molecular weight excluding hydrogens is 290 g/mol. The number of carbonyl (C=O) groups excluding carboxylic acids is 1. The van der Waals surface area contributed by atoms with E-state index in [9.17, 15) is 4.79 Å². The molecule has 1 aliphatic heterocycles. The summed E-state index contributed by atoms with van der Waals surface area (Å²) >= 11 is 0. The Morgan fingerprint density at radius 2 is 1.78 bits per heavy atom. The first kappa shape index (κ1) is 17.3. The number of nitrogens with zero attached hydrogens (tertiary/aromatic N) is 3. The smallest absolute Gasteiger partial charge is 0.338 e. The molecule has 23 heavy (non-hydrogen) atoms. The molecule has 5 heteroatoms. The molecule has 0 saturated carbocycles. The lowest BCUT2D eigenvalue weighted by atomic mass is 10.1. The Labute approximate surface area is 138 Å². The van der Waals surface area contributed by atoms with Gasteiger partial charge >= 0.3 is 5.97 Å². The molecule has 2 rings (SSSR count). The zero-order valence-electron chi connectivity index (χ0n) is 14.2. The number of ether oxygens (including phenoxy) is 1. The number of rotatable bonds is 5. The van der Waals surface area contributed by atoms with Gasteiger partial charge in [-0.1, -0.05) is 0 Å². The van der Waals surface area contributed by atoms with E-state index in [1.807, 2.05) is 18.2 Å². The van der Waals surface area contributed by atoms with Gasteiger partial charge < -0.3 is 9.64 Å². The van der Waals surface area contributed by atoms with Crippen LogP contribution in [0.25, 0.3) is 0 Å². The Bertz CT molecular complexity index is 555. The second kappa shape index (κ2) is 7.98. The molecule has 0 unspecified atom stereocenters. The molecule has 1 aromatic rings. The molecule has 1 saturated heterocycles. The SMILES string of the molecule is CC(C)N1CCN(c2ccc(C(=O)O[C@H](C)CC#N)cc2)CC1. The highest BCUT2D eigenvalue weighted by atomic mass is 16.5. The van der Waals surface area contributed by atoms with Crippen molar-refractivity contribution in [2.75, 3.05) is 31.1 Å². The highest BCUT2D eigenvalue weighted by molar-refractivity contribution is 5.90. The average Bonchev–Trinajstić information content (AvgIpc) is 2.55. The molecule has 0 aromatic heterocycles. The lowest BCUT2D eigenvalue weighted by Gasteiger charge is -2.38. The predicted molar refractivity (Wildman–Crippen MR) is 90.5 cm³/mol. The van der Waals surface area contributed by atoms with Crippen LogP contribution in [0.2, 0.25) is 0 Å². The maximum atomic E-state index is 12.0. The van der Waals surface area contributed by atoms with E-state index >= 15 is 0 Å². The van der Waals surface area contributed by atoms with Gasteiger partial charge in [-0.3, -0.25) is 4.90 Å². The van der Waals surface area contributed by atoms with Crippen LogP contribution in [0.4, 0.5) is 5.69 Å². The van der Waals surface area contributed by atoms with E-state index in [4.69, 9.17) is 10.00 Å². The Morgan fingerprint density at radius 3 is 2.30 bits per heavy atom. The van der Waals surface area contributed by atoms with Crippen molar-refractivity contribution in [3.8, 4) is 6.07 Å². The Hall–Kier alpha value is -2.06. The zero-order chi connectivity index (χ0) is 16.8.